The van der Waals surface area contributed by atoms with Crippen LogP contribution in [-0.4, -0.2) is 22.9 Å². The first-order valence-corrected chi connectivity index (χ1v) is 9.19. The highest BCUT2D eigenvalue weighted by Gasteiger charge is 2.36. The first kappa shape index (κ1) is 15.9. The van der Waals surface area contributed by atoms with Gasteiger partial charge in [0.25, 0.3) is 0 Å². The molecule has 0 aromatic carbocycles. The van der Waals surface area contributed by atoms with Crippen LogP contribution in [0.2, 0.25) is 0 Å². The minimum atomic E-state index is 0.152. The van der Waals surface area contributed by atoms with Crippen molar-refractivity contribution in [3.8, 4) is 0 Å². The maximum atomic E-state index is 5.99. The van der Waals surface area contributed by atoms with E-state index in [2.05, 4.69) is 42.5 Å². The average Bonchev–Trinajstić information content (AvgIpc) is 3.04. The van der Waals surface area contributed by atoms with E-state index in [4.69, 9.17) is 9.15 Å². The molecule has 0 spiro atoms. The van der Waals surface area contributed by atoms with E-state index in [1.54, 1.807) is 0 Å². The molecule has 2 fully saturated rings. The number of nitrogens with one attached hydrogen (secondary N) is 1. The van der Waals surface area contributed by atoms with E-state index in [0.717, 1.165) is 50.1 Å². The molecule has 1 aliphatic carbocycles. The van der Waals surface area contributed by atoms with Gasteiger partial charge in [-0.1, -0.05) is 6.92 Å². The fraction of sp³-hybridized carbons (Fsp3) is 0.632. The van der Waals surface area contributed by atoms with Gasteiger partial charge in [0.1, 0.15) is 17.6 Å². The number of furan rings is 1. The highest BCUT2D eigenvalue weighted by atomic mass is 16.5. The Bertz CT molecular complexity index is 678. The smallest absolute Gasteiger partial charge is 0.117 e. The summed E-state index contributed by atoms with van der Waals surface area (Å²) in [6.45, 7) is 7.85. The molecule has 130 valence electrons. The van der Waals surface area contributed by atoms with E-state index in [1.807, 2.05) is 10.9 Å². The number of hydrogen-bond donors (Lipinski definition) is 1. The quantitative estimate of drug-likeness (QED) is 0.845. The van der Waals surface area contributed by atoms with Crippen molar-refractivity contribution in [2.24, 2.45) is 11.8 Å². The van der Waals surface area contributed by atoms with Crippen LogP contribution >= 0.6 is 0 Å². The SMILES string of the molecule is CCn1nccc1[C@@H]1OCC[C@H]1CNCc1ccc([C@@H]2C[C@@H]2C)o1. The Balaban J connectivity index is 1.31. The molecule has 0 amide bonds. The summed E-state index contributed by atoms with van der Waals surface area (Å²) in [7, 11) is 0. The Morgan fingerprint density at radius 3 is 3.00 bits per heavy atom. The number of ether oxygens (including phenoxy) is 1. The lowest BCUT2D eigenvalue weighted by Gasteiger charge is -2.19. The first-order chi connectivity index (χ1) is 11.8. The van der Waals surface area contributed by atoms with Crippen molar-refractivity contribution < 1.29 is 9.15 Å². The molecule has 5 nitrogen and oxygen atoms in total. The van der Waals surface area contributed by atoms with Crippen LogP contribution in [0.25, 0.3) is 0 Å². The molecule has 0 unspecified atom stereocenters. The van der Waals surface area contributed by atoms with Crippen LogP contribution in [0.1, 0.15) is 55.9 Å². The molecule has 3 heterocycles. The molecule has 1 N–H and O–H groups in total. The first-order valence-electron chi connectivity index (χ1n) is 9.19. The van der Waals surface area contributed by atoms with E-state index in [-0.39, 0.29) is 6.10 Å². The largest absolute Gasteiger partial charge is 0.464 e. The maximum absolute atomic E-state index is 5.99. The van der Waals surface area contributed by atoms with Gasteiger partial charge in [-0.2, -0.15) is 5.10 Å². The van der Waals surface area contributed by atoms with Crippen LogP contribution in [0.3, 0.4) is 0 Å². The van der Waals surface area contributed by atoms with Crippen LogP contribution in [0.15, 0.2) is 28.8 Å². The fourth-order valence-electron chi connectivity index (χ4n) is 3.81. The Morgan fingerprint density at radius 2 is 2.21 bits per heavy atom. The Hall–Kier alpha value is -1.59. The van der Waals surface area contributed by atoms with E-state index in [1.165, 1.54) is 12.1 Å². The van der Waals surface area contributed by atoms with Gasteiger partial charge in [-0.05, 0) is 43.9 Å². The minimum Gasteiger partial charge on any atom is -0.464 e. The number of aromatic nitrogens is 2. The standard InChI is InChI=1S/C19H27N3O2/c1-3-22-17(6-8-21-22)19-14(7-9-23-19)11-20-12-15-4-5-18(24-15)16-10-13(16)2/h4-6,8,13-14,16,19-20H,3,7,9-12H2,1-2H3/t13-,14-,16+,19+/m0/s1. The predicted molar refractivity (Wildman–Crippen MR) is 91.6 cm³/mol. The normalized spacial score (nSPS) is 29.2. The van der Waals surface area contributed by atoms with Crippen LogP contribution < -0.4 is 5.32 Å². The summed E-state index contributed by atoms with van der Waals surface area (Å²) in [5, 5.41) is 7.93. The van der Waals surface area contributed by atoms with Crippen LogP contribution in [0, 0.1) is 11.8 Å². The van der Waals surface area contributed by atoms with Gasteiger partial charge >= 0.3 is 0 Å². The Kier molecular flexibility index (Phi) is 4.46. The van der Waals surface area contributed by atoms with Crippen molar-refractivity contribution in [1.29, 1.82) is 0 Å². The van der Waals surface area contributed by atoms with Gasteiger partial charge in [-0.25, -0.2) is 0 Å². The molecule has 2 aliphatic rings. The third kappa shape index (κ3) is 3.15. The fourth-order valence-corrected chi connectivity index (χ4v) is 3.81. The maximum Gasteiger partial charge on any atom is 0.117 e. The summed E-state index contributed by atoms with van der Waals surface area (Å²) < 4.78 is 14.0. The number of rotatable bonds is 7. The predicted octanol–water partition coefficient (Wildman–Crippen LogP) is 3.49. The lowest BCUT2D eigenvalue weighted by atomic mass is 9.99. The van der Waals surface area contributed by atoms with E-state index in [9.17, 15) is 0 Å². The van der Waals surface area contributed by atoms with Gasteiger partial charge in [-0.3, -0.25) is 4.68 Å². The van der Waals surface area contributed by atoms with Crippen molar-refractivity contribution in [2.45, 2.75) is 51.8 Å². The van der Waals surface area contributed by atoms with Gasteiger partial charge < -0.3 is 14.5 Å². The van der Waals surface area contributed by atoms with E-state index in [0.29, 0.717) is 11.8 Å². The van der Waals surface area contributed by atoms with Crippen LogP contribution in [0.4, 0.5) is 0 Å². The summed E-state index contributed by atoms with van der Waals surface area (Å²) in [4.78, 5) is 0. The number of nitrogens with zero attached hydrogens (tertiary/aromatic N) is 2. The zero-order chi connectivity index (χ0) is 16.5. The molecular weight excluding hydrogens is 302 g/mol. The second kappa shape index (κ2) is 6.73. The third-order valence-corrected chi connectivity index (χ3v) is 5.42. The zero-order valence-electron chi connectivity index (χ0n) is 14.6. The third-order valence-electron chi connectivity index (χ3n) is 5.42. The molecule has 4 rings (SSSR count). The molecule has 2 aromatic heterocycles. The molecule has 1 saturated heterocycles. The van der Waals surface area contributed by atoms with Gasteiger partial charge in [0.15, 0.2) is 0 Å². The summed E-state index contributed by atoms with van der Waals surface area (Å²) in [6.07, 6.45) is 4.38. The molecule has 24 heavy (non-hydrogen) atoms. The van der Waals surface area contributed by atoms with Crippen molar-refractivity contribution in [1.82, 2.24) is 15.1 Å². The Morgan fingerprint density at radius 1 is 1.33 bits per heavy atom. The van der Waals surface area contributed by atoms with Gasteiger partial charge in [0.05, 0.1) is 12.2 Å². The van der Waals surface area contributed by atoms with Gasteiger partial charge in [0, 0.05) is 37.7 Å². The Labute approximate surface area is 143 Å². The lowest BCUT2D eigenvalue weighted by molar-refractivity contribution is 0.0828. The van der Waals surface area contributed by atoms with Crippen LogP contribution in [0.5, 0.6) is 0 Å². The lowest BCUT2D eigenvalue weighted by Crippen LogP contribution is -2.25. The highest BCUT2D eigenvalue weighted by Crippen LogP contribution is 2.47. The number of hydrogen-bond acceptors (Lipinski definition) is 4. The molecule has 0 radical (unpaired) electrons. The van der Waals surface area contributed by atoms with Crippen LogP contribution in [-0.2, 0) is 17.8 Å². The highest BCUT2D eigenvalue weighted by molar-refractivity contribution is 5.17. The molecule has 1 aliphatic heterocycles. The minimum absolute atomic E-state index is 0.152. The topological polar surface area (TPSA) is 52.2 Å². The monoisotopic (exact) mass is 329 g/mol. The molecule has 5 heteroatoms. The zero-order valence-corrected chi connectivity index (χ0v) is 14.6. The summed E-state index contributed by atoms with van der Waals surface area (Å²) in [5.74, 6) is 4.13. The second-order valence-corrected chi connectivity index (χ2v) is 7.17. The van der Waals surface area contributed by atoms with E-state index < -0.39 is 0 Å². The molecule has 4 atom stereocenters. The second-order valence-electron chi connectivity index (χ2n) is 7.17. The number of aryl methyl sites for hydroxylation is 1. The molecular formula is C19H27N3O2. The van der Waals surface area contributed by atoms with Crippen molar-refractivity contribution >= 4 is 0 Å². The summed E-state index contributed by atoms with van der Waals surface area (Å²) in [6, 6.07) is 6.34. The van der Waals surface area contributed by atoms with Crippen molar-refractivity contribution in [3.05, 3.63) is 41.6 Å². The summed E-state index contributed by atoms with van der Waals surface area (Å²) >= 11 is 0. The van der Waals surface area contributed by atoms with Crippen molar-refractivity contribution in [3.63, 3.8) is 0 Å². The van der Waals surface area contributed by atoms with Gasteiger partial charge in [-0.15, -0.1) is 0 Å². The van der Waals surface area contributed by atoms with E-state index >= 15 is 0 Å². The molecule has 0 bridgehead atoms. The summed E-state index contributed by atoms with van der Waals surface area (Å²) in [5.41, 5.74) is 1.20. The van der Waals surface area contributed by atoms with Crippen molar-refractivity contribution in [2.75, 3.05) is 13.2 Å². The molecule has 2 aromatic rings. The molecule has 1 saturated carbocycles. The average molecular weight is 329 g/mol. The van der Waals surface area contributed by atoms with Gasteiger partial charge in [0.2, 0.25) is 0 Å².